The zero-order valence-electron chi connectivity index (χ0n) is 14.4. The third kappa shape index (κ3) is 7.84. The molecule has 0 aliphatic heterocycles. The second-order valence-corrected chi connectivity index (χ2v) is 7.26. The standard InChI is InChI=1S/C20H23ClO3S/c1-23-20(22)15-24-19-10-6-16(7-11-19)3-2-13-25-14-12-17-4-8-18(21)9-5-17/h4-11H,2-3,12-15H2,1H3. The van der Waals surface area contributed by atoms with Crippen LogP contribution < -0.4 is 4.74 Å². The lowest BCUT2D eigenvalue weighted by atomic mass is 10.1. The van der Waals surface area contributed by atoms with E-state index in [-0.39, 0.29) is 12.6 Å². The SMILES string of the molecule is COC(=O)COc1ccc(CCCSCCc2ccc(Cl)cc2)cc1. The van der Waals surface area contributed by atoms with Crippen LogP contribution in [0.15, 0.2) is 48.5 Å². The summed E-state index contributed by atoms with van der Waals surface area (Å²) in [5, 5.41) is 0.790. The van der Waals surface area contributed by atoms with Crippen molar-refractivity contribution in [3.05, 3.63) is 64.7 Å². The maximum atomic E-state index is 11.0. The number of halogens is 1. The number of thioether (sulfide) groups is 1. The summed E-state index contributed by atoms with van der Waals surface area (Å²) in [6.07, 6.45) is 3.27. The molecule has 3 nitrogen and oxygen atoms in total. The average molecular weight is 379 g/mol. The van der Waals surface area contributed by atoms with Gasteiger partial charge in [-0.2, -0.15) is 11.8 Å². The van der Waals surface area contributed by atoms with Gasteiger partial charge < -0.3 is 9.47 Å². The lowest BCUT2D eigenvalue weighted by Crippen LogP contribution is -2.12. The second kappa shape index (κ2) is 11.1. The van der Waals surface area contributed by atoms with Crippen LogP contribution in [0.4, 0.5) is 0 Å². The molecule has 0 N–H and O–H groups in total. The molecular formula is C20H23ClO3S. The van der Waals surface area contributed by atoms with Crippen LogP contribution in [0.2, 0.25) is 5.02 Å². The summed E-state index contributed by atoms with van der Waals surface area (Å²) in [5.41, 5.74) is 2.61. The van der Waals surface area contributed by atoms with E-state index in [4.69, 9.17) is 16.3 Å². The average Bonchev–Trinajstić information content (AvgIpc) is 2.65. The van der Waals surface area contributed by atoms with Crippen molar-refractivity contribution >= 4 is 29.3 Å². The highest BCUT2D eigenvalue weighted by atomic mass is 35.5. The zero-order chi connectivity index (χ0) is 17.9. The van der Waals surface area contributed by atoms with Crippen molar-refractivity contribution in [2.45, 2.75) is 19.3 Å². The van der Waals surface area contributed by atoms with Crippen LogP contribution >= 0.6 is 23.4 Å². The Balaban J connectivity index is 1.58. The van der Waals surface area contributed by atoms with Crippen LogP contribution in [0.1, 0.15) is 17.5 Å². The second-order valence-electron chi connectivity index (χ2n) is 5.60. The number of hydrogen-bond donors (Lipinski definition) is 0. The van der Waals surface area contributed by atoms with Crippen LogP contribution in [0.5, 0.6) is 5.75 Å². The molecule has 0 bridgehead atoms. The van der Waals surface area contributed by atoms with Gasteiger partial charge in [0.2, 0.25) is 0 Å². The number of hydrogen-bond acceptors (Lipinski definition) is 4. The number of esters is 1. The van der Waals surface area contributed by atoms with E-state index < -0.39 is 0 Å². The largest absolute Gasteiger partial charge is 0.482 e. The highest BCUT2D eigenvalue weighted by molar-refractivity contribution is 7.99. The molecule has 2 aromatic carbocycles. The minimum Gasteiger partial charge on any atom is -0.482 e. The summed E-state index contributed by atoms with van der Waals surface area (Å²) in [4.78, 5) is 11.0. The first-order chi connectivity index (χ1) is 12.2. The molecule has 0 aromatic heterocycles. The molecule has 5 heteroatoms. The zero-order valence-corrected chi connectivity index (χ0v) is 15.9. The number of aryl methyl sites for hydroxylation is 2. The Bertz CT molecular complexity index is 641. The van der Waals surface area contributed by atoms with Gasteiger partial charge in [0.15, 0.2) is 6.61 Å². The molecule has 0 radical (unpaired) electrons. The monoisotopic (exact) mass is 378 g/mol. The van der Waals surface area contributed by atoms with E-state index in [1.54, 1.807) is 0 Å². The molecule has 0 amide bonds. The summed E-state index contributed by atoms with van der Waals surface area (Å²) >= 11 is 7.87. The molecule has 0 spiro atoms. The van der Waals surface area contributed by atoms with E-state index in [1.165, 1.54) is 18.2 Å². The Morgan fingerprint density at radius 3 is 2.28 bits per heavy atom. The van der Waals surface area contributed by atoms with Gasteiger partial charge >= 0.3 is 5.97 Å². The Kier molecular flexibility index (Phi) is 8.70. The van der Waals surface area contributed by atoms with Gasteiger partial charge in [-0.1, -0.05) is 35.9 Å². The Labute approximate surface area is 158 Å². The number of ether oxygens (including phenoxy) is 2. The van der Waals surface area contributed by atoms with Crippen molar-refractivity contribution in [3.63, 3.8) is 0 Å². The molecule has 0 unspecified atom stereocenters. The summed E-state index contributed by atoms with van der Waals surface area (Å²) in [5.74, 6) is 2.59. The lowest BCUT2D eigenvalue weighted by molar-refractivity contribution is -0.142. The van der Waals surface area contributed by atoms with Crippen LogP contribution in [0.25, 0.3) is 0 Å². The molecule has 0 aliphatic carbocycles. The minimum atomic E-state index is -0.375. The first kappa shape index (κ1) is 19.7. The number of benzene rings is 2. The van der Waals surface area contributed by atoms with Gasteiger partial charge in [0.05, 0.1) is 7.11 Å². The first-order valence-corrected chi connectivity index (χ1v) is 9.81. The van der Waals surface area contributed by atoms with E-state index in [0.29, 0.717) is 5.75 Å². The van der Waals surface area contributed by atoms with Crippen molar-refractivity contribution in [1.82, 2.24) is 0 Å². The fraction of sp³-hybridized carbons (Fsp3) is 0.350. The molecule has 0 aliphatic rings. The fourth-order valence-electron chi connectivity index (χ4n) is 2.28. The van der Waals surface area contributed by atoms with Gasteiger partial charge in [0, 0.05) is 5.02 Å². The number of carbonyl (C=O) groups excluding carboxylic acids is 1. The number of rotatable bonds is 10. The highest BCUT2D eigenvalue weighted by Crippen LogP contribution is 2.16. The van der Waals surface area contributed by atoms with Crippen molar-refractivity contribution < 1.29 is 14.3 Å². The van der Waals surface area contributed by atoms with Crippen molar-refractivity contribution in [2.75, 3.05) is 25.2 Å². The third-order valence-electron chi connectivity index (χ3n) is 3.71. The fourth-order valence-corrected chi connectivity index (χ4v) is 3.33. The van der Waals surface area contributed by atoms with Gasteiger partial charge in [-0.05, 0) is 66.2 Å². The van der Waals surface area contributed by atoms with Gasteiger partial charge in [-0.25, -0.2) is 4.79 Å². The molecule has 0 saturated heterocycles. The van der Waals surface area contributed by atoms with E-state index in [2.05, 4.69) is 16.9 Å². The Morgan fingerprint density at radius 1 is 0.960 bits per heavy atom. The van der Waals surface area contributed by atoms with Gasteiger partial charge in [0.25, 0.3) is 0 Å². The van der Waals surface area contributed by atoms with E-state index >= 15 is 0 Å². The molecular weight excluding hydrogens is 356 g/mol. The molecule has 134 valence electrons. The van der Waals surface area contributed by atoms with Crippen LogP contribution in [-0.4, -0.2) is 31.2 Å². The topological polar surface area (TPSA) is 35.5 Å². The van der Waals surface area contributed by atoms with E-state index in [1.807, 2.05) is 48.2 Å². The Hall–Kier alpha value is -1.65. The predicted molar refractivity (Wildman–Crippen MR) is 105 cm³/mol. The van der Waals surface area contributed by atoms with Crippen molar-refractivity contribution in [2.24, 2.45) is 0 Å². The minimum absolute atomic E-state index is 0.0555. The molecule has 0 saturated carbocycles. The maximum absolute atomic E-state index is 11.0. The normalized spacial score (nSPS) is 10.5. The molecule has 0 heterocycles. The van der Waals surface area contributed by atoms with E-state index in [9.17, 15) is 4.79 Å². The van der Waals surface area contributed by atoms with Crippen LogP contribution in [0.3, 0.4) is 0 Å². The number of carbonyl (C=O) groups is 1. The quantitative estimate of drug-likeness (QED) is 0.439. The molecule has 0 fully saturated rings. The first-order valence-electron chi connectivity index (χ1n) is 8.28. The van der Waals surface area contributed by atoms with Gasteiger partial charge in [-0.3, -0.25) is 0 Å². The summed E-state index contributed by atoms with van der Waals surface area (Å²) in [7, 11) is 1.35. The Morgan fingerprint density at radius 2 is 1.60 bits per heavy atom. The van der Waals surface area contributed by atoms with Crippen LogP contribution in [-0.2, 0) is 22.4 Å². The molecule has 2 aromatic rings. The summed E-state index contributed by atoms with van der Waals surface area (Å²) in [6.45, 7) is -0.0555. The third-order valence-corrected chi connectivity index (χ3v) is 5.03. The number of methoxy groups -OCH3 is 1. The van der Waals surface area contributed by atoms with Crippen molar-refractivity contribution in [3.8, 4) is 5.75 Å². The van der Waals surface area contributed by atoms with Gasteiger partial charge in [0.1, 0.15) is 5.75 Å². The summed E-state index contributed by atoms with van der Waals surface area (Å²) in [6, 6.07) is 16.0. The predicted octanol–water partition coefficient (Wildman–Crippen LogP) is 4.80. The van der Waals surface area contributed by atoms with Crippen LogP contribution in [0, 0.1) is 0 Å². The molecule has 25 heavy (non-hydrogen) atoms. The molecule has 2 rings (SSSR count). The van der Waals surface area contributed by atoms with Gasteiger partial charge in [-0.15, -0.1) is 0 Å². The van der Waals surface area contributed by atoms with Crippen molar-refractivity contribution in [1.29, 1.82) is 0 Å². The lowest BCUT2D eigenvalue weighted by Gasteiger charge is -2.06. The maximum Gasteiger partial charge on any atom is 0.343 e. The van der Waals surface area contributed by atoms with E-state index in [0.717, 1.165) is 35.8 Å². The molecule has 0 atom stereocenters. The highest BCUT2D eigenvalue weighted by Gasteiger charge is 2.02. The smallest absolute Gasteiger partial charge is 0.343 e. The summed E-state index contributed by atoms with van der Waals surface area (Å²) < 4.78 is 9.88.